The van der Waals surface area contributed by atoms with Gasteiger partial charge in [-0.05, 0) is 80.5 Å². The summed E-state index contributed by atoms with van der Waals surface area (Å²) in [5.41, 5.74) is -4.11. The number of alkyl halides is 2. The average molecular weight is 536 g/mol. The van der Waals surface area contributed by atoms with E-state index in [2.05, 4.69) is 0 Å². The molecule has 0 amide bonds. The molecule has 0 aromatic heterocycles. The number of rotatable bonds is 3. The van der Waals surface area contributed by atoms with Crippen molar-refractivity contribution >= 4 is 28.9 Å². The van der Waals surface area contributed by atoms with Crippen LogP contribution in [0.4, 0.5) is 14.5 Å². The Balaban J connectivity index is 1.57. The molecule has 0 bridgehead atoms. The van der Waals surface area contributed by atoms with Crippen LogP contribution in [-0.2, 0) is 14.4 Å². The maximum atomic E-state index is 17.4. The van der Waals surface area contributed by atoms with Gasteiger partial charge in [-0.15, -0.1) is 0 Å². The second-order valence-electron chi connectivity index (χ2n) is 11.3. The Labute approximate surface area is 219 Å². The van der Waals surface area contributed by atoms with Gasteiger partial charge in [-0.2, -0.15) is 0 Å². The van der Waals surface area contributed by atoms with E-state index in [9.17, 15) is 19.8 Å². The highest BCUT2D eigenvalue weighted by Crippen LogP contribution is 2.66. The molecule has 3 aliphatic carbocycles. The van der Waals surface area contributed by atoms with Crippen molar-refractivity contribution in [1.29, 1.82) is 0 Å². The van der Waals surface area contributed by atoms with Crippen LogP contribution in [0.15, 0.2) is 48.1 Å². The molecule has 0 radical (unpaired) electrons. The van der Waals surface area contributed by atoms with Gasteiger partial charge in [-0.1, -0.05) is 24.6 Å². The number of carbonyl (C=O) groups is 2. The zero-order valence-corrected chi connectivity index (χ0v) is 21.6. The fourth-order valence-electron chi connectivity index (χ4n) is 7.49. The number of carbonyl (C=O) groups excluding carboxylic acids is 2. The first kappa shape index (κ1) is 26.5. The number of hydrogen-bond acceptors (Lipinski definition) is 6. The number of aliphatic hydroxyl groups excluding tert-OH is 2. The lowest BCUT2D eigenvalue weighted by molar-refractivity contribution is -0.231. The van der Waals surface area contributed by atoms with Crippen molar-refractivity contribution in [3.63, 3.8) is 0 Å². The molecule has 1 aliphatic heterocycles. The molecule has 9 heteroatoms. The minimum absolute atomic E-state index is 0.0559. The largest absolute Gasteiger partial charge is 0.390 e. The predicted molar refractivity (Wildman–Crippen MR) is 134 cm³/mol. The molecule has 8 atom stereocenters. The number of fused-ring (bicyclic) bond motifs is 5. The number of anilines is 1. The van der Waals surface area contributed by atoms with Crippen LogP contribution in [0.1, 0.15) is 39.5 Å². The van der Waals surface area contributed by atoms with Crippen LogP contribution in [0.2, 0.25) is 5.02 Å². The van der Waals surface area contributed by atoms with Gasteiger partial charge in [0.15, 0.2) is 23.3 Å². The Hall–Kier alpha value is -2.13. The fourth-order valence-corrected chi connectivity index (χ4v) is 7.61. The lowest BCUT2D eigenvalue weighted by Gasteiger charge is -2.64. The fraction of sp³-hybridized carbons (Fsp3) is 0.571. The van der Waals surface area contributed by atoms with Crippen LogP contribution >= 0.6 is 11.6 Å². The number of Topliss-reactive ketones (excluding diaryl/α,β-unsaturated/α-hetero) is 1. The smallest absolute Gasteiger partial charge is 0.190 e. The van der Waals surface area contributed by atoms with Crippen molar-refractivity contribution < 1.29 is 33.4 Å². The van der Waals surface area contributed by atoms with Gasteiger partial charge in [0, 0.05) is 28.3 Å². The zero-order valence-electron chi connectivity index (χ0n) is 20.9. The van der Waals surface area contributed by atoms with Gasteiger partial charge in [-0.3, -0.25) is 19.5 Å². The van der Waals surface area contributed by atoms with E-state index < -0.39 is 64.9 Å². The molecule has 3 fully saturated rings. The number of hydroxylamine groups is 1. The van der Waals surface area contributed by atoms with Gasteiger partial charge in [0.2, 0.25) is 0 Å². The van der Waals surface area contributed by atoms with Crippen LogP contribution in [-0.4, -0.2) is 59.0 Å². The maximum absolute atomic E-state index is 17.4. The summed E-state index contributed by atoms with van der Waals surface area (Å²) >= 11 is 6.03. The van der Waals surface area contributed by atoms with E-state index in [1.165, 1.54) is 12.2 Å². The normalized spacial score (nSPS) is 41.6. The van der Waals surface area contributed by atoms with E-state index in [1.807, 2.05) is 0 Å². The van der Waals surface area contributed by atoms with Gasteiger partial charge >= 0.3 is 0 Å². The summed E-state index contributed by atoms with van der Waals surface area (Å²) in [4.78, 5) is 31.4. The van der Waals surface area contributed by atoms with Crippen molar-refractivity contribution in [3.05, 3.63) is 53.1 Å². The Morgan fingerprint density at radius 1 is 1.24 bits per heavy atom. The summed E-state index contributed by atoms with van der Waals surface area (Å²) in [5.74, 6) is -2.44. The van der Waals surface area contributed by atoms with Crippen LogP contribution in [0.25, 0.3) is 0 Å². The first-order valence-corrected chi connectivity index (χ1v) is 13.1. The third-order valence-electron chi connectivity index (χ3n) is 9.33. The van der Waals surface area contributed by atoms with Crippen molar-refractivity contribution in [2.75, 3.05) is 18.2 Å². The highest BCUT2D eigenvalue weighted by Gasteiger charge is 2.71. The summed E-state index contributed by atoms with van der Waals surface area (Å²) in [7, 11) is 0. The number of aliphatic hydroxyl groups is 2. The highest BCUT2D eigenvalue weighted by atomic mass is 35.5. The Morgan fingerprint density at radius 3 is 2.62 bits per heavy atom. The van der Waals surface area contributed by atoms with E-state index in [4.69, 9.17) is 16.4 Å². The molecule has 6 nitrogen and oxygen atoms in total. The summed E-state index contributed by atoms with van der Waals surface area (Å²) in [5, 5.41) is 23.4. The number of benzene rings is 1. The maximum Gasteiger partial charge on any atom is 0.190 e. The number of allylic oxidation sites excluding steroid dienone is 4. The molecule has 200 valence electrons. The minimum atomic E-state index is -2.25. The molecule has 8 unspecified atom stereocenters. The van der Waals surface area contributed by atoms with Crippen LogP contribution in [0.3, 0.4) is 0 Å². The van der Waals surface area contributed by atoms with Crippen molar-refractivity contribution in [2.45, 2.75) is 63.6 Å². The molecular weight excluding hydrogens is 504 g/mol. The van der Waals surface area contributed by atoms with Crippen molar-refractivity contribution in [3.8, 4) is 0 Å². The molecule has 37 heavy (non-hydrogen) atoms. The molecule has 2 N–H and O–H groups in total. The monoisotopic (exact) mass is 535 g/mol. The van der Waals surface area contributed by atoms with Crippen LogP contribution in [0, 0.1) is 22.7 Å². The average Bonchev–Trinajstić information content (AvgIpc) is 2.85. The second kappa shape index (κ2) is 9.26. The van der Waals surface area contributed by atoms with Crippen molar-refractivity contribution in [1.82, 2.24) is 0 Å². The van der Waals surface area contributed by atoms with Gasteiger partial charge in [0.1, 0.15) is 12.8 Å². The Kier molecular flexibility index (Phi) is 6.62. The second-order valence-corrected chi connectivity index (χ2v) is 11.7. The van der Waals surface area contributed by atoms with E-state index >= 15 is 8.78 Å². The SMILES string of the molecule is CC12CC(O)C3(F)C(CC(F)C4=CC(=O)C=CC43C)C1CCCN(c1ccc(Cl)cc1)OC2C(=O)CO. The Bertz CT molecular complexity index is 1160. The lowest BCUT2D eigenvalue weighted by Crippen LogP contribution is -2.70. The molecule has 1 aromatic rings. The molecular formula is C28H32ClF2NO5. The van der Waals surface area contributed by atoms with Crippen molar-refractivity contribution in [2.24, 2.45) is 22.7 Å². The van der Waals surface area contributed by atoms with Crippen LogP contribution in [0.5, 0.6) is 0 Å². The van der Waals surface area contributed by atoms with Gasteiger partial charge in [0.25, 0.3) is 0 Å². The number of nitrogens with zero attached hydrogens (tertiary/aromatic N) is 1. The standard InChI is InChI=1S/C28H32ClF2NO5/c1-26-14-24(36)28(31)20(13-22(30)21-12-18(34)9-10-27(21,28)2)19(26)4-3-11-32(37-25(26)23(35)15-33)17-7-5-16(29)6-8-17/h5-10,12,19-20,22,24-25,33,36H,3-4,11,13-15H2,1-2H3. The minimum Gasteiger partial charge on any atom is -0.390 e. The third-order valence-corrected chi connectivity index (χ3v) is 9.59. The van der Waals surface area contributed by atoms with Gasteiger partial charge in [-0.25, -0.2) is 8.78 Å². The topological polar surface area (TPSA) is 87.1 Å². The van der Waals surface area contributed by atoms with Crippen LogP contribution < -0.4 is 5.06 Å². The summed E-state index contributed by atoms with van der Waals surface area (Å²) < 4.78 is 33.0. The van der Waals surface area contributed by atoms with E-state index in [0.29, 0.717) is 30.1 Å². The molecule has 4 aliphatic rings. The Morgan fingerprint density at radius 2 is 1.95 bits per heavy atom. The number of hydrogen-bond donors (Lipinski definition) is 2. The van der Waals surface area contributed by atoms with E-state index in [1.54, 1.807) is 43.2 Å². The molecule has 1 saturated heterocycles. The van der Waals surface area contributed by atoms with E-state index in [0.717, 1.165) is 6.08 Å². The summed E-state index contributed by atoms with van der Waals surface area (Å²) in [6, 6.07) is 6.91. The predicted octanol–water partition coefficient (Wildman–Crippen LogP) is 4.33. The highest BCUT2D eigenvalue weighted by molar-refractivity contribution is 6.30. The number of ketones is 2. The summed E-state index contributed by atoms with van der Waals surface area (Å²) in [6.07, 6.45) is 0.175. The molecule has 5 rings (SSSR count). The first-order valence-electron chi connectivity index (χ1n) is 12.8. The molecule has 1 heterocycles. The van der Waals surface area contributed by atoms with Gasteiger partial charge in [0.05, 0.1) is 11.8 Å². The van der Waals surface area contributed by atoms with E-state index in [-0.39, 0.29) is 18.4 Å². The number of halogens is 3. The molecule has 1 aromatic carbocycles. The quantitative estimate of drug-likeness (QED) is 0.599. The summed E-state index contributed by atoms with van der Waals surface area (Å²) in [6.45, 7) is 2.91. The first-order chi connectivity index (χ1) is 17.5. The molecule has 0 spiro atoms. The zero-order chi connectivity index (χ0) is 26.8. The third kappa shape index (κ3) is 3.90. The van der Waals surface area contributed by atoms with Gasteiger partial charge < -0.3 is 10.2 Å². The lowest BCUT2D eigenvalue weighted by atomic mass is 9.43. The molecule has 2 saturated carbocycles.